The number of alkyl halides is 3. The third kappa shape index (κ3) is 5.69. The molecular formula is C27H21ClF3NO3. The second kappa shape index (κ2) is 10.3. The fraction of sp³-hybridized carbons (Fsp3) is 0.148. The van der Waals surface area contributed by atoms with Crippen molar-refractivity contribution in [3.63, 3.8) is 0 Å². The van der Waals surface area contributed by atoms with E-state index >= 15 is 0 Å². The number of halogens is 4. The zero-order valence-electron chi connectivity index (χ0n) is 18.7. The maximum Gasteiger partial charge on any atom is 0.416 e. The van der Waals surface area contributed by atoms with Crippen LogP contribution in [0.15, 0.2) is 78.9 Å². The second-order valence-electron chi connectivity index (χ2n) is 7.67. The van der Waals surface area contributed by atoms with Crippen LogP contribution >= 0.6 is 11.6 Å². The third-order valence-electron chi connectivity index (χ3n) is 5.30. The predicted molar refractivity (Wildman–Crippen MR) is 130 cm³/mol. The fourth-order valence-electron chi connectivity index (χ4n) is 3.60. The molecule has 0 aliphatic heterocycles. The Balaban J connectivity index is 1.59. The van der Waals surface area contributed by atoms with Crippen molar-refractivity contribution in [2.75, 3.05) is 11.9 Å². The molecule has 0 fully saturated rings. The number of ether oxygens (including phenoxy) is 2. The van der Waals surface area contributed by atoms with Crippen molar-refractivity contribution in [2.24, 2.45) is 0 Å². The lowest BCUT2D eigenvalue weighted by molar-refractivity contribution is -0.137. The van der Waals surface area contributed by atoms with Gasteiger partial charge in [-0.25, -0.2) is 0 Å². The molecule has 0 aromatic heterocycles. The Morgan fingerprint density at radius 3 is 2.46 bits per heavy atom. The summed E-state index contributed by atoms with van der Waals surface area (Å²) in [6.45, 7) is 2.37. The van der Waals surface area contributed by atoms with E-state index in [0.29, 0.717) is 23.7 Å². The molecule has 4 nitrogen and oxygen atoms in total. The minimum absolute atomic E-state index is 0.00296. The molecule has 0 unspecified atom stereocenters. The van der Waals surface area contributed by atoms with Gasteiger partial charge in [-0.2, -0.15) is 13.2 Å². The van der Waals surface area contributed by atoms with Gasteiger partial charge in [0.05, 0.1) is 22.9 Å². The predicted octanol–water partition coefficient (Wildman–Crippen LogP) is 7.74. The topological polar surface area (TPSA) is 47.6 Å². The molecule has 0 spiro atoms. The van der Waals surface area contributed by atoms with Crippen LogP contribution in [0.25, 0.3) is 10.8 Å². The third-order valence-corrected chi connectivity index (χ3v) is 5.63. The molecule has 0 saturated carbocycles. The van der Waals surface area contributed by atoms with Crippen LogP contribution in [0.4, 0.5) is 18.9 Å². The number of nitrogens with one attached hydrogen (secondary N) is 1. The highest BCUT2D eigenvalue weighted by molar-refractivity contribution is 6.34. The molecule has 4 aromatic rings. The zero-order chi connectivity index (χ0) is 25.0. The van der Waals surface area contributed by atoms with Gasteiger partial charge in [0.2, 0.25) is 0 Å². The summed E-state index contributed by atoms with van der Waals surface area (Å²) in [7, 11) is 0. The van der Waals surface area contributed by atoms with Gasteiger partial charge in [0.25, 0.3) is 5.91 Å². The molecule has 1 amide bonds. The summed E-state index contributed by atoms with van der Waals surface area (Å²) < 4.78 is 50.9. The van der Waals surface area contributed by atoms with E-state index in [1.807, 2.05) is 49.4 Å². The summed E-state index contributed by atoms with van der Waals surface area (Å²) >= 11 is 6.02. The number of benzene rings is 4. The van der Waals surface area contributed by atoms with Crippen molar-refractivity contribution >= 4 is 34.0 Å². The van der Waals surface area contributed by atoms with Gasteiger partial charge in [-0.05, 0) is 54.8 Å². The molecule has 1 N–H and O–H groups in total. The standard InChI is InChI=1S/C27H21ClF3NO3/c1-2-34-24-13-10-18(26(33)32-23-15-20(27(29,30)31)11-12-22(23)28)14-19(24)16-35-25-9-5-7-17-6-3-4-8-21(17)25/h3-15H,2,16H2,1H3,(H,32,33). The zero-order valence-corrected chi connectivity index (χ0v) is 19.4. The van der Waals surface area contributed by atoms with E-state index in [9.17, 15) is 18.0 Å². The van der Waals surface area contributed by atoms with E-state index < -0.39 is 17.6 Å². The van der Waals surface area contributed by atoms with Gasteiger partial charge in [-0.3, -0.25) is 4.79 Å². The molecule has 0 aliphatic carbocycles. The van der Waals surface area contributed by atoms with E-state index in [-0.39, 0.29) is 22.9 Å². The van der Waals surface area contributed by atoms with E-state index in [1.165, 1.54) is 6.07 Å². The van der Waals surface area contributed by atoms with Gasteiger partial charge in [-0.1, -0.05) is 48.0 Å². The first-order valence-corrected chi connectivity index (χ1v) is 11.2. The van der Waals surface area contributed by atoms with E-state index in [0.717, 1.165) is 29.0 Å². The summed E-state index contributed by atoms with van der Waals surface area (Å²) in [5.74, 6) is 0.609. The molecular weight excluding hydrogens is 479 g/mol. The number of anilines is 1. The minimum Gasteiger partial charge on any atom is -0.493 e. The number of hydrogen-bond donors (Lipinski definition) is 1. The lowest BCUT2D eigenvalue weighted by atomic mass is 10.1. The fourth-order valence-corrected chi connectivity index (χ4v) is 3.76. The van der Waals surface area contributed by atoms with Crippen LogP contribution in [0, 0.1) is 0 Å². The van der Waals surface area contributed by atoms with Crippen LogP contribution in [0.3, 0.4) is 0 Å². The maximum absolute atomic E-state index is 13.1. The number of fused-ring (bicyclic) bond motifs is 1. The Morgan fingerprint density at radius 1 is 0.914 bits per heavy atom. The van der Waals surface area contributed by atoms with Crippen LogP contribution in [0.1, 0.15) is 28.4 Å². The van der Waals surface area contributed by atoms with Crippen molar-refractivity contribution in [3.05, 3.63) is 101 Å². The Hall–Kier alpha value is -3.71. The van der Waals surface area contributed by atoms with Crippen molar-refractivity contribution in [1.82, 2.24) is 0 Å². The van der Waals surface area contributed by atoms with Gasteiger partial charge in [0.15, 0.2) is 0 Å². The van der Waals surface area contributed by atoms with Crippen molar-refractivity contribution in [3.8, 4) is 11.5 Å². The first-order chi connectivity index (χ1) is 16.8. The van der Waals surface area contributed by atoms with E-state index in [2.05, 4.69) is 5.32 Å². The van der Waals surface area contributed by atoms with Crippen LogP contribution in [0.5, 0.6) is 11.5 Å². The summed E-state index contributed by atoms with van der Waals surface area (Å²) in [5.41, 5.74) is -0.206. The molecule has 8 heteroatoms. The molecule has 4 aromatic carbocycles. The first kappa shape index (κ1) is 24.4. The SMILES string of the molecule is CCOc1ccc(C(=O)Nc2cc(C(F)(F)F)ccc2Cl)cc1COc1cccc2ccccc12. The van der Waals surface area contributed by atoms with Crippen molar-refractivity contribution in [2.45, 2.75) is 19.7 Å². The van der Waals surface area contributed by atoms with Crippen LogP contribution < -0.4 is 14.8 Å². The summed E-state index contributed by atoms with van der Waals surface area (Å²) in [5, 5.41) is 4.43. The molecule has 180 valence electrons. The van der Waals surface area contributed by atoms with Gasteiger partial charge < -0.3 is 14.8 Å². The van der Waals surface area contributed by atoms with Gasteiger partial charge in [0.1, 0.15) is 18.1 Å². The van der Waals surface area contributed by atoms with Crippen LogP contribution in [-0.2, 0) is 12.8 Å². The number of rotatable bonds is 7. The average Bonchev–Trinajstić information content (AvgIpc) is 2.84. The highest BCUT2D eigenvalue weighted by Crippen LogP contribution is 2.34. The molecule has 0 radical (unpaired) electrons. The molecule has 0 aliphatic rings. The maximum atomic E-state index is 13.1. The first-order valence-electron chi connectivity index (χ1n) is 10.8. The Kier molecular flexibility index (Phi) is 7.17. The molecule has 0 bridgehead atoms. The lowest BCUT2D eigenvalue weighted by Crippen LogP contribution is -2.14. The van der Waals surface area contributed by atoms with Crippen LogP contribution in [0.2, 0.25) is 5.02 Å². The van der Waals surface area contributed by atoms with Crippen molar-refractivity contribution in [1.29, 1.82) is 0 Å². The Labute approximate surface area is 205 Å². The highest BCUT2D eigenvalue weighted by Gasteiger charge is 2.31. The number of carbonyl (C=O) groups is 1. The van der Waals surface area contributed by atoms with Gasteiger partial charge in [0, 0.05) is 16.5 Å². The van der Waals surface area contributed by atoms with Gasteiger partial charge >= 0.3 is 6.18 Å². The highest BCUT2D eigenvalue weighted by atomic mass is 35.5. The van der Waals surface area contributed by atoms with E-state index in [1.54, 1.807) is 12.1 Å². The minimum atomic E-state index is -4.56. The number of hydrogen-bond acceptors (Lipinski definition) is 3. The molecule has 0 heterocycles. The monoisotopic (exact) mass is 499 g/mol. The summed E-state index contributed by atoms with van der Waals surface area (Å²) in [6.07, 6.45) is -4.56. The molecule has 0 atom stereocenters. The summed E-state index contributed by atoms with van der Waals surface area (Å²) in [4.78, 5) is 12.9. The van der Waals surface area contributed by atoms with Gasteiger partial charge in [-0.15, -0.1) is 0 Å². The average molecular weight is 500 g/mol. The Morgan fingerprint density at radius 2 is 1.69 bits per heavy atom. The smallest absolute Gasteiger partial charge is 0.416 e. The molecule has 0 saturated heterocycles. The quantitative estimate of drug-likeness (QED) is 0.283. The summed E-state index contributed by atoms with van der Waals surface area (Å²) in [6, 6.07) is 21.1. The van der Waals surface area contributed by atoms with Crippen molar-refractivity contribution < 1.29 is 27.4 Å². The molecule has 35 heavy (non-hydrogen) atoms. The van der Waals surface area contributed by atoms with Crippen LogP contribution in [-0.4, -0.2) is 12.5 Å². The van der Waals surface area contributed by atoms with E-state index in [4.69, 9.17) is 21.1 Å². The largest absolute Gasteiger partial charge is 0.493 e. The molecule has 4 rings (SSSR count). The second-order valence-corrected chi connectivity index (χ2v) is 8.08. The lowest BCUT2D eigenvalue weighted by Gasteiger charge is -2.15. The normalized spacial score (nSPS) is 11.3. The number of amides is 1. The Bertz CT molecular complexity index is 1370. The number of carbonyl (C=O) groups excluding carboxylic acids is 1.